The number of imidazole rings is 1. The summed E-state index contributed by atoms with van der Waals surface area (Å²) >= 11 is 5.96. The Bertz CT molecular complexity index is 1240. The van der Waals surface area contributed by atoms with Crippen molar-refractivity contribution >= 4 is 28.5 Å². The molecule has 0 aliphatic carbocycles. The number of aromatic nitrogens is 6. The van der Waals surface area contributed by atoms with Crippen LogP contribution in [0.5, 0.6) is 0 Å². The number of aryl methyl sites for hydroxylation is 2. The molecule has 0 fully saturated rings. The Morgan fingerprint density at radius 2 is 1.72 bits per heavy atom. The molecule has 0 amide bonds. The number of nitrogens with zero attached hydrogens (tertiary/aromatic N) is 6. The summed E-state index contributed by atoms with van der Waals surface area (Å²) in [6, 6.07) is 7.17. The van der Waals surface area contributed by atoms with Gasteiger partial charge in [-0.2, -0.15) is 0 Å². The molecule has 0 aliphatic rings. The van der Waals surface area contributed by atoms with Crippen molar-refractivity contribution in [3.05, 3.63) is 50.1 Å². The Balaban J connectivity index is 2.25. The molecule has 0 bridgehead atoms. The second kappa shape index (κ2) is 5.32. The molecule has 8 nitrogen and oxygen atoms in total. The highest BCUT2D eigenvalue weighted by molar-refractivity contribution is 6.30. The van der Waals surface area contributed by atoms with Crippen LogP contribution in [0, 0.1) is 0 Å². The van der Waals surface area contributed by atoms with E-state index in [1.165, 1.54) is 11.6 Å². The molecule has 4 aromatic rings. The zero-order chi connectivity index (χ0) is 17.9. The lowest BCUT2D eigenvalue weighted by Gasteiger charge is -2.06. The van der Waals surface area contributed by atoms with Crippen molar-refractivity contribution < 1.29 is 0 Å². The smallest absolute Gasteiger partial charge is 0.303 e. The molecular formula is C16H15ClN6O2. The molecule has 3 heterocycles. The predicted octanol–water partition coefficient (Wildman–Crippen LogP) is 1.42. The molecule has 1 aromatic carbocycles. The summed E-state index contributed by atoms with van der Waals surface area (Å²) in [6.07, 6.45) is 0. The van der Waals surface area contributed by atoms with Crippen LogP contribution in [-0.4, -0.2) is 28.3 Å². The highest BCUT2D eigenvalue weighted by atomic mass is 35.5. The lowest BCUT2D eigenvalue weighted by molar-refractivity contribution is 0.698. The first-order valence-electron chi connectivity index (χ1n) is 7.75. The van der Waals surface area contributed by atoms with E-state index >= 15 is 0 Å². The zero-order valence-corrected chi connectivity index (χ0v) is 14.7. The van der Waals surface area contributed by atoms with Gasteiger partial charge in [0.05, 0.1) is 0 Å². The minimum absolute atomic E-state index is 0.354. The molecule has 0 aliphatic heterocycles. The number of rotatable bonds is 2. The van der Waals surface area contributed by atoms with E-state index < -0.39 is 5.69 Å². The molecule has 9 heteroatoms. The average Bonchev–Trinajstić information content (AvgIpc) is 3.16. The van der Waals surface area contributed by atoms with Crippen molar-refractivity contribution in [2.75, 3.05) is 0 Å². The first-order valence-corrected chi connectivity index (χ1v) is 8.12. The van der Waals surface area contributed by atoms with Gasteiger partial charge in [-0.1, -0.05) is 11.6 Å². The molecule has 0 spiro atoms. The maximum Gasteiger partial charge on any atom is 0.332 e. The van der Waals surface area contributed by atoms with Crippen LogP contribution >= 0.6 is 11.6 Å². The highest BCUT2D eigenvalue weighted by Crippen LogP contribution is 2.25. The van der Waals surface area contributed by atoms with E-state index in [0.29, 0.717) is 34.3 Å². The van der Waals surface area contributed by atoms with E-state index in [1.807, 2.05) is 19.1 Å². The van der Waals surface area contributed by atoms with Crippen LogP contribution in [0.25, 0.3) is 28.3 Å². The number of hydrogen-bond acceptors (Lipinski definition) is 4. The maximum absolute atomic E-state index is 12.7. The molecule has 0 N–H and O–H groups in total. The van der Waals surface area contributed by atoms with Gasteiger partial charge in [-0.05, 0) is 31.2 Å². The van der Waals surface area contributed by atoms with Crippen LogP contribution < -0.4 is 11.2 Å². The molecule has 0 atom stereocenters. The number of hydrogen-bond donors (Lipinski definition) is 0. The van der Waals surface area contributed by atoms with Gasteiger partial charge in [0.15, 0.2) is 17.0 Å². The quantitative estimate of drug-likeness (QED) is 0.543. The first kappa shape index (κ1) is 15.6. The van der Waals surface area contributed by atoms with Crippen LogP contribution in [0.4, 0.5) is 0 Å². The van der Waals surface area contributed by atoms with E-state index in [1.54, 1.807) is 28.1 Å². The molecule has 0 radical (unpaired) electrons. The Labute approximate surface area is 146 Å². The number of fused-ring (bicyclic) bond motifs is 3. The van der Waals surface area contributed by atoms with Crippen LogP contribution in [0.2, 0.25) is 5.02 Å². The van der Waals surface area contributed by atoms with Crippen LogP contribution in [-0.2, 0) is 20.6 Å². The summed E-state index contributed by atoms with van der Waals surface area (Å²) < 4.78 is 6.05. The second-order valence-electron chi connectivity index (χ2n) is 5.79. The Hall–Kier alpha value is -2.87. The van der Waals surface area contributed by atoms with E-state index in [0.717, 1.165) is 10.1 Å². The van der Waals surface area contributed by atoms with Crippen molar-refractivity contribution in [1.29, 1.82) is 0 Å². The van der Waals surface area contributed by atoms with Crippen LogP contribution in [0.3, 0.4) is 0 Å². The summed E-state index contributed by atoms with van der Waals surface area (Å²) in [5, 5.41) is 9.12. The van der Waals surface area contributed by atoms with Crippen molar-refractivity contribution in [3.63, 3.8) is 0 Å². The molecule has 0 saturated carbocycles. The average molecular weight is 359 g/mol. The molecule has 4 rings (SSSR count). The van der Waals surface area contributed by atoms with E-state index in [2.05, 4.69) is 10.2 Å². The van der Waals surface area contributed by atoms with Crippen molar-refractivity contribution in [3.8, 4) is 11.4 Å². The van der Waals surface area contributed by atoms with Crippen molar-refractivity contribution in [1.82, 2.24) is 28.3 Å². The summed E-state index contributed by atoms with van der Waals surface area (Å²) in [5.74, 6) is 1.06. The molecule has 128 valence electrons. The lowest BCUT2D eigenvalue weighted by Crippen LogP contribution is -2.37. The minimum atomic E-state index is -0.400. The third kappa shape index (κ3) is 2.00. The lowest BCUT2D eigenvalue weighted by atomic mass is 10.2. The van der Waals surface area contributed by atoms with Gasteiger partial charge in [0.25, 0.3) is 5.56 Å². The molecule has 0 unspecified atom stereocenters. The van der Waals surface area contributed by atoms with Gasteiger partial charge in [0.2, 0.25) is 5.78 Å². The van der Waals surface area contributed by atoms with E-state index in [-0.39, 0.29) is 5.56 Å². The normalized spacial score (nSPS) is 11.7. The van der Waals surface area contributed by atoms with Crippen molar-refractivity contribution in [2.24, 2.45) is 14.1 Å². The Morgan fingerprint density at radius 3 is 2.36 bits per heavy atom. The van der Waals surface area contributed by atoms with Gasteiger partial charge in [-0.15, -0.1) is 10.2 Å². The van der Waals surface area contributed by atoms with Gasteiger partial charge in [-0.3, -0.25) is 13.9 Å². The number of halogens is 1. The topological polar surface area (TPSA) is 79.1 Å². The Morgan fingerprint density at radius 1 is 1.04 bits per heavy atom. The van der Waals surface area contributed by atoms with Crippen LogP contribution in [0.1, 0.15) is 6.92 Å². The largest absolute Gasteiger partial charge is 0.332 e. The number of benzene rings is 1. The molecule has 3 aromatic heterocycles. The van der Waals surface area contributed by atoms with Gasteiger partial charge in [0.1, 0.15) is 0 Å². The Kier molecular flexibility index (Phi) is 3.33. The third-order valence-electron chi connectivity index (χ3n) is 4.40. The third-order valence-corrected chi connectivity index (χ3v) is 4.65. The van der Waals surface area contributed by atoms with Gasteiger partial charge >= 0.3 is 5.69 Å². The fraction of sp³-hybridized carbons (Fsp3) is 0.250. The predicted molar refractivity (Wildman–Crippen MR) is 95.1 cm³/mol. The summed E-state index contributed by atoms with van der Waals surface area (Å²) in [7, 11) is 3.10. The van der Waals surface area contributed by atoms with Crippen molar-refractivity contribution in [2.45, 2.75) is 13.5 Å². The SMILES string of the molecule is CCn1c2c(=O)n(C)c(=O)n(C)c2n2c(-c3ccc(Cl)cc3)nnc12. The summed E-state index contributed by atoms with van der Waals surface area (Å²) in [4.78, 5) is 25.1. The first-order chi connectivity index (χ1) is 12.0. The zero-order valence-electron chi connectivity index (χ0n) is 13.9. The molecule has 0 saturated heterocycles. The monoisotopic (exact) mass is 358 g/mol. The maximum atomic E-state index is 12.7. The van der Waals surface area contributed by atoms with Gasteiger partial charge in [0, 0.05) is 31.2 Å². The molecular weight excluding hydrogens is 344 g/mol. The fourth-order valence-electron chi connectivity index (χ4n) is 3.14. The second-order valence-corrected chi connectivity index (χ2v) is 6.22. The summed E-state index contributed by atoms with van der Waals surface area (Å²) in [6.45, 7) is 2.44. The van der Waals surface area contributed by atoms with E-state index in [4.69, 9.17) is 11.6 Å². The fourth-order valence-corrected chi connectivity index (χ4v) is 3.27. The van der Waals surface area contributed by atoms with Crippen LogP contribution in [0.15, 0.2) is 33.9 Å². The van der Waals surface area contributed by atoms with Gasteiger partial charge in [-0.25, -0.2) is 9.20 Å². The summed E-state index contributed by atoms with van der Waals surface area (Å²) in [5.41, 5.74) is 0.934. The standard InChI is InChI=1S/C16H15ClN6O2/c1-4-22-11-13(20(2)16(25)21(3)14(11)24)23-12(18-19-15(22)23)9-5-7-10(17)8-6-9/h5-8H,4H2,1-3H3. The highest BCUT2D eigenvalue weighted by Gasteiger charge is 2.23. The minimum Gasteiger partial charge on any atom is -0.303 e. The molecule has 25 heavy (non-hydrogen) atoms. The van der Waals surface area contributed by atoms with E-state index in [9.17, 15) is 9.59 Å². The van der Waals surface area contributed by atoms with Gasteiger partial charge < -0.3 is 4.57 Å².